The summed E-state index contributed by atoms with van der Waals surface area (Å²) >= 11 is 0. The van der Waals surface area contributed by atoms with Gasteiger partial charge < -0.3 is 5.32 Å². The monoisotopic (exact) mass is 277 g/mol. The summed E-state index contributed by atoms with van der Waals surface area (Å²) in [6, 6.07) is 2.20. The van der Waals surface area contributed by atoms with Gasteiger partial charge in [-0.3, -0.25) is 0 Å². The van der Waals surface area contributed by atoms with E-state index in [0.717, 1.165) is 37.9 Å². The highest BCUT2D eigenvalue weighted by atomic mass is 15.2. The molecule has 0 aliphatic carbocycles. The summed E-state index contributed by atoms with van der Waals surface area (Å²) in [5, 5.41) is 20.1. The fourth-order valence-electron chi connectivity index (χ4n) is 1.91. The Kier molecular flexibility index (Phi) is 7.77. The van der Waals surface area contributed by atoms with E-state index in [0.29, 0.717) is 17.8 Å². The molecule has 1 aromatic heterocycles. The van der Waals surface area contributed by atoms with E-state index in [4.69, 9.17) is 0 Å². The second-order valence-electron chi connectivity index (χ2n) is 5.49. The van der Waals surface area contributed by atoms with Crippen molar-refractivity contribution in [3.8, 4) is 0 Å². The van der Waals surface area contributed by atoms with Gasteiger partial charge in [0.25, 0.3) is 0 Å². The number of azo groups is 1. The average Bonchev–Trinajstić information content (AvgIpc) is 2.44. The molecule has 5 heteroatoms. The summed E-state index contributed by atoms with van der Waals surface area (Å²) in [5.74, 6) is 1.16. The maximum absolute atomic E-state index is 4.44. The Morgan fingerprint density at radius 3 is 2.50 bits per heavy atom. The predicted molar refractivity (Wildman–Crippen MR) is 83.5 cm³/mol. The number of aromatic nitrogens is 2. The lowest BCUT2D eigenvalue weighted by Crippen LogP contribution is -2.08. The molecular formula is C15H27N5. The Labute approximate surface area is 122 Å². The van der Waals surface area contributed by atoms with Crippen molar-refractivity contribution in [2.24, 2.45) is 16.1 Å². The van der Waals surface area contributed by atoms with E-state index in [1.54, 1.807) is 6.20 Å². The first kappa shape index (κ1) is 16.5. The predicted octanol–water partition coefficient (Wildman–Crippen LogP) is 4.60. The van der Waals surface area contributed by atoms with E-state index in [9.17, 15) is 0 Å². The summed E-state index contributed by atoms with van der Waals surface area (Å²) in [7, 11) is 0. The van der Waals surface area contributed by atoms with Crippen LogP contribution in [0.5, 0.6) is 0 Å². The fourth-order valence-corrected chi connectivity index (χ4v) is 1.91. The van der Waals surface area contributed by atoms with Gasteiger partial charge in [-0.15, -0.1) is 10.2 Å². The third kappa shape index (κ3) is 6.08. The number of hydrogen-bond acceptors (Lipinski definition) is 5. The molecule has 0 saturated heterocycles. The Morgan fingerprint density at radius 1 is 1.20 bits per heavy atom. The quantitative estimate of drug-likeness (QED) is 0.671. The molecule has 5 nitrogen and oxygen atoms in total. The van der Waals surface area contributed by atoms with Crippen molar-refractivity contribution >= 4 is 11.5 Å². The first-order chi connectivity index (χ1) is 9.67. The van der Waals surface area contributed by atoms with Crippen LogP contribution >= 0.6 is 0 Å². The molecule has 0 aliphatic rings. The highest BCUT2D eigenvalue weighted by molar-refractivity contribution is 5.59. The van der Waals surface area contributed by atoms with E-state index in [1.165, 1.54) is 0 Å². The molecule has 0 aromatic carbocycles. The summed E-state index contributed by atoms with van der Waals surface area (Å²) in [4.78, 5) is 0. The Morgan fingerprint density at radius 2 is 1.90 bits per heavy atom. The van der Waals surface area contributed by atoms with Gasteiger partial charge in [-0.05, 0) is 24.8 Å². The molecule has 20 heavy (non-hydrogen) atoms. The lowest BCUT2D eigenvalue weighted by Gasteiger charge is -2.10. The molecule has 0 aliphatic heterocycles. The minimum atomic E-state index is 0.296. The fraction of sp³-hybridized carbons (Fsp3) is 0.733. The van der Waals surface area contributed by atoms with Crippen molar-refractivity contribution in [1.82, 2.24) is 10.2 Å². The van der Waals surface area contributed by atoms with E-state index in [2.05, 4.69) is 53.4 Å². The second kappa shape index (κ2) is 9.39. The third-order valence-electron chi connectivity index (χ3n) is 2.96. The molecule has 0 radical (unpaired) electrons. The van der Waals surface area contributed by atoms with Gasteiger partial charge in [0.15, 0.2) is 0 Å². The van der Waals surface area contributed by atoms with Crippen molar-refractivity contribution in [3.63, 3.8) is 0 Å². The zero-order chi connectivity index (χ0) is 14.8. The van der Waals surface area contributed by atoms with E-state index in [1.807, 2.05) is 6.07 Å². The largest absolute Gasteiger partial charge is 0.382 e. The van der Waals surface area contributed by atoms with Gasteiger partial charge in [0, 0.05) is 6.54 Å². The van der Waals surface area contributed by atoms with Crippen LogP contribution in [0.4, 0.5) is 11.5 Å². The van der Waals surface area contributed by atoms with Gasteiger partial charge in [-0.2, -0.15) is 10.2 Å². The minimum absolute atomic E-state index is 0.296. The standard InChI is InChI=1S/C15H27N5/c1-5-7-13(8-6-2)18-20-15-14(9-10-17-19-15)16-11-12(3)4/h9-10,12-13H,5-8,11H2,1-4H3,(H,16,17). The normalized spacial score (nSPS) is 11.7. The van der Waals surface area contributed by atoms with Crippen LogP contribution in [0.25, 0.3) is 0 Å². The maximum atomic E-state index is 4.44. The average molecular weight is 277 g/mol. The molecule has 0 fully saturated rings. The van der Waals surface area contributed by atoms with Crippen LogP contribution in [-0.2, 0) is 0 Å². The third-order valence-corrected chi connectivity index (χ3v) is 2.96. The molecule has 0 unspecified atom stereocenters. The van der Waals surface area contributed by atoms with E-state index in [-0.39, 0.29) is 0 Å². The van der Waals surface area contributed by atoms with Crippen molar-refractivity contribution in [2.75, 3.05) is 11.9 Å². The molecule has 112 valence electrons. The molecule has 1 aromatic rings. The van der Waals surface area contributed by atoms with E-state index < -0.39 is 0 Å². The van der Waals surface area contributed by atoms with Crippen LogP contribution in [0.2, 0.25) is 0 Å². The van der Waals surface area contributed by atoms with Crippen LogP contribution in [0.1, 0.15) is 53.4 Å². The van der Waals surface area contributed by atoms with Gasteiger partial charge in [0.1, 0.15) is 0 Å². The SMILES string of the molecule is CCCC(CCC)N=Nc1nnccc1NCC(C)C. The molecule has 1 rings (SSSR count). The Balaban J connectivity index is 2.74. The number of hydrogen-bond donors (Lipinski definition) is 1. The lowest BCUT2D eigenvalue weighted by molar-refractivity contribution is 0.536. The molecule has 1 heterocycles. The van der Waals surface area contributed by atoms with E-state index >= 15 is 0 Å². The second-order valence-corrected chi connectivity index (χ2v) is 5.49. The molecule has 1 N–H and O–H groups in total. The van der Waals surface area contributed by atoms with Crippen molar-refractivity contribution in [3.05, 3.63) is 12.3 Å². The molecule has 0 amide bonds. The summed E-state index contributed by atoms with van der Waals surface area (Å²) in [5.41, 5.74) is 0.907. The van der Waals surface area contributed by atoms with Crippen LogP contribution in [0, 0.1) is 5.92 Å². The molecule has 0 saturated carbocycles. The molecule has 0 atom stereocenters. The van der Waals surface area contributed by atoms with Gasteiger partial charge in [0.05, 0.1) is 17.9 Å². The number of nitrogens with zero attached hydrogens (tertiary/aromatic N) is 4. The summed E-state index contributed by atoms with van der Waals surface area (Å²) < 4.78 is 0. The summed E-state index contributed by atoms with van der Waals surface area (Å²) in [6.07, 6.45) is 6.08. The number of nitrogens with one attached hydrogen (secondary N) is 1. The highest BCUT2D eigenvalue weighted by Gasteiger charge is 2.07. The van der Waals surface area contributed by atoms with Gasteiger partial charge in [-0.1, -0.05) is 40.5 Å². The zero-order valence-corrected chi connectivity index (χ0v) is 13.1. The minimum Gasteiger partial charge on any atom is -0.382 e. The van der Waals surface area contributed by atoms with Gasteiger partial charge in [0.2, 0.25) is 5.82 Å². The first-order valence-electron chi connectivity index (χ1n) is 7.63. The molecule has 0 bridgehead atoms. The van der Waals surface area contributed by atoms with Crippen molar-refractivity contribution in [1.29, 1.82) is 0 Å². The van der Waals surface area contributed by atoms with Crippen LogP contribution in [-0.4, -0.2) is 22.8 Å². The zero-order valence-electron chi connectivity index (χ0n) is 13.1. The van der Waals surface area contributed by atoms with Crippen molar-refractivity contribution in [2.45, 2.75) is 59.4 Å². The van der Waals surface area contributed by atoms with Gasteiger partial charge in [-0.25, -0.2) is 0 Å². The molecule has 0 spiro atoms. The Bertz CT molecular complexity index is 397. The first-order valence-corrected chi connectivity index (χ1v) is 7.63. The Hall–Kier alpha value is -1.52. The number of rotatable bonds is 9. The topological polar surface area (TPSA) is 62.5 Å². The number of anilines is 1. The van der Waals surface area contributed by atoms with Gasteiger partial charge >= 0.3 is 0 Å². The molecular weight excluding hydrogens is 250 g/mol. The lowest BCUT2D eigenvalue weighted by atomic mass is 10.1. The van der Waals surface area contributed by atoms with Crippen LogP contribution < -0.4 is 5.32 Å². The van der Waals surface area contributed by atoms with Crippen LogP contribution in [0.15, 0.2) is 22.5 Å². The highest BCUT2D eigenvalue weighted by Crippen LogP contribution is 2.22. The smallest absolute Gasteiger partial charge is 0.218 e. The van der Waals surface area contributed by atoms with Crippen molar-refractivity contribution < 1.29 is 0 Å². The summed E-state index contributed by atoms with van der Waals surface area (Å²) in [6.45, 7) is 9.58. The van der Waals surface area contributed by atoms with Crippen LogP contribution in [0.3, 0.4) is 0 Å². The maximum Gasteiger partial charge on any atom is 0.218 e.